The number of ether oxygens (including phenoxy) is 3. The van der Waals surface area contributed by atoms with Crippen LogP contribution in [0.3, 0.4) is 0 Å². The number of amides is 1. The van der Waals surface area contributed by atoms with Gasteiger partial charge in [0, 0.05) is 29.4 Å². The number of nitrogens with zero attached hydrogens (tertiary/aromatic N) is 1. The summed E-state index contributed by atoms with van der Waals surface area (Å²) in [5.74, 6) is 0.810. The molecule has 0 radical (unpaired) electrons. The first-order chi connectivity index (χ1) is 13.8. The average Bonchev–Trinajstić information content (AvgIpc) is 3.15. The molecule has 1 aliphatic rings. The summed E-state index contributed by atoms with van der Waals surface area (Å²) < 4.78 is 18.4. The van der Waals surface area contributed by atoms with Crippen molar-refractivity contribution in [2.45, 2.75) is 53.7 Å². The quantitative estimate of drug-likeness (QED) is 0.718. The lowest BCUT2D eigenvalue weighted by atomic mass is 10.1. The standard InChI is InChI=1S/C22H28N2O5/c1-6-27-20-10-16-9-14(4)29-19(16)11-18(20)23-21(25)12-24-13(3)8-17(15(24)5)22(26)28-7-2/h8,10-11,14H,6-7,9,12H2,1-5H3,(H,23,25)/t14-/m0/s1. The summed E-state index contributed by atoms with van der Waals surface area (Å²) >= 11 is 0. The Bertz CT molecular complexity index is 932. The van der Waals surface area contributed by atoms with Crippen molar-refractivity contribution < 1.29 is 23.8 Å². The van der Waals surface area contributed by atoms with E-state index in [9.17, 15) is 9.59 Å². The minimum absolute atomic E-state index is 0.0803. The van der Waals surface area contributed by atoms with Crippen molar-refractivity contribution in [2.24, 2.45) is 0 Å². The number of hydrogen-bond acceptors (Lipinski definition) is 5. The van der Waals surface area contributed by atoms with Gasteiger partial charge in [-0.1, -0.05) is 0 Å². The molecule has 1 aliphatic heterocycles. The number of carbonyl (C=O) groups excluding carboxylic acids is 2. The fourth-order valence-electron chi connectivity index (χ4n) is 3.61. The summed E-state index contributed by atoms with van der Waals surface area (Å²) in [5.41, 5.74) is 3.66. The second-order valence-electron chi connectivity index (χ2n) is 7.16. The number of esters is 1. The maximum atomic E-state index is 12.8. The lowest BCUT2D eigenvalue weighted by Gasteiger charge is -2.15. The smallest absolute Gasteiger partial charge is 0.339 e. The van der Waals surface area contributed by atoms with E-state index in [0.717, 1.165) is 23.4 Å². The van der Waals surface area contributed by atoms with E-state index in [0.29, 0.717) is 35.9 Å². The maximum Gasteiger partial charge on any atom is 0.339 e. The van der Waals surface area contributed by atoms with E-state index in [1.165, 1.54) is 0 Å². The molecule has 0 spiro atoms. The molecule has 7 heteroatoms. The number of fused-ring (bicyclic) bond motifs is 1. The van der Waals surface area contributed by atoms with Crippen LogP contribution in [-0.4, -0.2) is 35.8 Å². The molecule has 3 rings (SSSR count). The molecule has 0 saturated carbocycles. The average molecular weight is 400 g/mol. The lowest BCUT2D eigenvalue weighted by molar-refractivity contribution is -0.116. The highest BCUT2D eigenvalue weighted by molar-refractivity contribution is 5.94. The van der Waals surface area contributed by atoms with E-state index in [-0.39, 0.29) is 24.5 Å². The van der Waals surface area contributed by atoms with Crippen LogP contribution in [0, 0.1) is 13.8 Å². The molecular formula is C22H28N2O5. The van der Waals surface area contributed by atoms with Gasteiger partial charge in [0.25, 0.3) is 0 Å². The highest BCUT2D eigenvalue weighted by Gasteiger charge is 2.23. The van der Waals surface area contributed by atoms with Crippen molar-refractivity contribution in [1.82, 2.24) is 4.57 Å². The molecule has 0 bridgehead atoms. The molecule has 0 saturated heterocycles. The Balaban J connectivity index is 1.80. The zero-order valence-electron chi connectivity index (χ0n) is 17.6. The number of anilines is 1. The minimum Gasteiger partial charge on any atom is -0.492 e. The van der Waals surface area contributed by atoms with Crippen molar-refractivity contribution in [3.63, 3.8) is 0 Å². The van der Waals surface area contributed by atoms with Crippen LogP contribution in [0.5, 0.6) is 11.5 Å². The fraction of sp³-hybridized carbons (Fsp3) is 0.455. The molecular weight excluding hydrogens is 372 g/mol. The van der Waals surface area contributed by atoms with Gasteiger partial charge in [0.05, 0.1) is 24.5 Å². The van der Waals surface area contributed by atoms with Crippen LogP contribution in [0.2, 0.25) is 0 Å². The van der Waals surface area contributed by atoms with Crippen LogP contribution in [0.4, 0.5) is 5.69 Å². The van der Waals surface area contributed by atoms with Crippen LogP contribution in [0.15, 0.2) is 18.2 Å². The topological polar surface area (TPSA) is 78.8 Å². The van der Waals surface area contributed by atoms with Crippen LogP contribution >= 0.6 is 0 Å². The van der Waals surface area contributed by atoms with Gasteiger partial charge in [0.2, 0.25) is 5.91 Å². The Hall–Kier alpha value is -2.96. The van der Waals surface area contributed by atoms with Crippen molar-refractivity contribution in [1.29, 1.82) is 0 Å². The van der Waals surface area contributed by atoms with Crippen LogP contribution in [0.1, 0.15) is 48.1 Å². The van der Waals surface area contributed by atoms with Gasteiger partial charge in [0.15, 0.2) is 0 Å². The van der Waals surface area contributed by atoms with Gasteiger partial charge in [0.1, 0.15) is 24.1 Å². The number of benzene rings is 1. The SMILES string of the molecule is CCOC(=O)c1cc(C)n(CC(=O)Nc2cc3c(cc2OCC)C[C@H](C)O3)c1C. The summed E-state index contributed by atoms with van der Waals surface area (Å²) in [6.07, 6.45) is 0.930. The highest BCUT2D eigenvalue weighted by atomic mass is 16.5. The Morgan fingerprint density at radius 2 is 1.97 bits per heavy atom. The number of aromatic nitrogens is 1. The van der Waals surface area contributed by atoms with E-state index >= 15 is 0 Å². The van der Waals surface area contributed by atoms with E-state index in [2.05, 4.69) is 5.32 Å². The zero-order chi connectivity index (χ0) is 21.1. The zero-order valence-corrected chi connectivity index (χ0v) is 17.6. The predicted octanol–water partition coefficient (Wildman–Crippen LogP) is 3.64. The first kappa shape index (κ1) is 20.8. The first-order valence-electron chi connectivity index (χ1n) is 9.94. The number of nitrogens with one attached hydrogen (secondary N) is 1. The lowest BCUT2D eigenvalue weighted by Crippen LogP contribution is -2.21. The van der Waals surface area contributed by atoms with Gasteiger partial charge in [-0.3, -0.25) is 4.79 Å². The Morgan fingerprint density at radius 1 is 1.21 bits per heavy atom. The summed E-state index contributed by atoms with van der Waals surface area (Å²) in [4.78, 5) is 24.9. The summed E-state index contributed by atoms with van der Waals surface area (Å²) in [5, 5.41) is 2.93. The summed E-state index contributed by atoms with van der Waals surface area (Å²) in [6, 6.07) is 5.50. The van der Waals surface area contributed by atoms with E-state index in [4.69, 9.17) is 14.2 Å². The molecule has 2 aromatic rings. The van der Waals surface area contributed by atoms with Gasteiger partial charge in [-0.15, -0.1) is 0 Å². The third-order valence-electron chi connectivity index (χ3n) is 4.94. The second kappa shape index (κ2) is 8.59. The van der Waals surface area contributed by atoms with Gasteiger partial charge in [-0.2, -0.15) is 0 Å². The molecule has 1 N–H and O–H groups in total. The van der Waals surface area contributed by atoms with Crippen molar-refractivity contribution >= 4 is 17.6 Å². The highest BCUT2D eigenvalue weighted by Crippen LogP contribution is 2.38. The monoisotopic (exact) mass is 400 g/mol. The maximum absolute atomic E-state index is 12.8. The van der Waals surface area contributed by atoms with Gasteiger partial charge in [-0.25, -0.2) is 4.79 Å². The molecule has 0 fully saturated rings. The van der Waals surface area contributed by atoms with E-state index in [1.807, 2.05) is 39.8 Å². The molecule has 1 atom stereocenters. The van der Waals surface area contributed by atoms with Crippen molar-refractivity contribution in [3.05, 3.63) is 40.7 Å². The third-order valence-corrected chi connectivity index (χ3v) is 4.94. The normalized spacial score (nSPS) is 14.9. The molecule has 2 heterocycles. The summed E-state index contributed by atoms with van der Waals surface area (Å²) in [6.45, 7) is 10.2. The predicted molar refractivity (Wildman–Crippen MR) is 110 cm³/mol. The second-order valence-corrected chi connectivity index (χ2v) is 7.16. The number of rotatable bonds is 7. The number of carbonyl (C=O) groups is 2. The van der Waals surface area contributed by atoms with Crippen LogP contribution < -0.4 is 14.8 Å². The van der Waals surface area contributed by atoms with Gasteiger partial charge < -0.3 is 24.1 Å². The number of hydrogen-bond donors (Lipinski definition) is 1. The number of aryl methyl sites for hydroxylation is 1. The largest absolute Gasteiger partial charge is 0.492 e. The Kier molecular flexibility index (Phi) is 6.15. The van der Waals surface area contributed by atoms with Gasteiger partial charge in [-0.05, 0) is 46.8 Å². The molecule has 1 aromatic heterocycles. The minimum atomic E-state index is -0.379. The molecule has 7 nitrogen and oxygen atoms in total. The van der Waals surface area contributed by atoms with Crippen LogP contribution in [0.25, 0.3) is 0 Å². The Labute approximate surface area is 170 Å². The molecule has 0 unspecified atom stereocenters. The third kappa shape index (κ3) is 4.39. The van der Waals surface area contributed by atoms with E-state index in [1.54, 1.807) is 17.6 Å². The van der Waals surface area contributed by atoms with Crippen molar-refractivity contribution in [3.8, 4) is 11.5 Å². The molecule has 29 heavy (non-hydrogen) atoms. The Morgan fingerprint density at radius 3 is 2.66 bits per heavy atom. The molecule has 1 amide bonds. The van der Waals surface area contributed by atoms with Crippen molar-refractivity contribution in [2.75, 3.05) is 18.5 Å². The summed E-state index contributed by atoms with van der Waals surface area (Å²) in [7, 11) is 0. The molecule has 0 aliphatic carbocycles. The van der Waals surface area contributed by atoms with Crippen LogP contribution in [-0.2, 0) is 22.5 Å². The molecule has 156 valence electrons. The van der Waals surface area contributed by atoms with Gasteiger partial charge >= 0.3 is 5.97 Å². The molecule has 1 aromatic carbocycles. The fourth-order valence-corrected chi connectivity index (χ4v) is 3.61. The van der Waals surface area contributed by atoms with E-state index < -0.39 is 0 Å². The first-order valence-corrected chi connectivity index (χ1v) is 9.94.